The zero-order valence-electron chi connectivity index (χ0n) is 21.4. The van der Waals surface area contributed by atoms with Crippen LogP contribution in [0.4, 0.5) is 0 Å². The van der Waals surface area contributed by atoms with Crippen LogP contribution in [0, 0.1) is 0 Å². The summed E-state index contributed by atoms with van der Waals surface area (Å²) in [5, 5.41) is 22.9. The molecule has 0 saturated carbocycles. The number of rotatable bonds is 14. The molecule has 3 rings (SSSR count). The largest absolute Gasteiger partial charge is 0.481 e. The van der Waals surface area contributed by atoms with Gasteiger partial charge >= 0.3 is 11.9 Å². The highest BCUT2D eigenvalue weighted by atomic mass is 16.7. The molecule has 206 valence electrons. The fourth-order valence-corrected chi connectivity index (χ4v) is 4.01. The lowest BCUT2D eigenvalue weighted by Gasteiger charge is -2.44. The van der Waals surface area contributed by atoms with Crippen molar-refractivity contribution in [2.75, 3.05) is 6.61 Å². The van der Waals surface area contributed by atoms with Crippen LogP contribution in [-0.2, 0) is 46.5 Å². The molecule has 1 saturated heterocycles. The molecule has 1 amide bonds. The lowest BCUT2D eigenvalue weighted by atomic mass is 9.96. The van der Waals surface area contributed by atoms with Crippen molar-refractivity contribution in [3.63, 3.8) is 0 Å². The summed E-state index contributed by atoms with van der Waals surface area (Å²) in [7, 11) is 0. The van der Waals surface area contributed by atoms with E-state index in [-0.39, 0.29) is 45.0 Å². The highest BCUT2D eigenvalue weighted by Gasteiger charge is 2.47. The van der Waals surface area contributed by atoms with Gasteiger partial charge in [-0.1, -0.05) is 67.6 Å². The third kappa shape index (κ3) is 9.21. The third-order valence-electron chi connectivity index (χ3n) is 5.97. The Bertz CT molecular complexity index is 1020. The van der Waals surface area contributed by atoms with Crippen molar-refractivity contribution >= 4 is 17.8 Å². The highest BCUT2D eigenvalue weighted by molar-refractivity contribution is 5.77. The number of carbonyl (C=O) groups excluding carboxylic acids is 2. The maximum atomic E-state index is 12.6. The van der Waals surface area contributed by atoms with Crippen LogP contribution < -0.4 is 5.32 Å². The molecule has 0 spiro atoms. The van der Waals surface area contributed by atoms with Gasteiger partial charge in [-0.3, -0.25) is 14.4 Å². The first-order valence-corrected chi connectivity index (χ1v) is 12.7. The number of carboxylic acid groups (broad SMARTS) is 1. The van der Waals surface area contributed by atoms with E-state index >= 15 is 0 Å². The van der Waals surface area contributed by atoms with Crippen LogP contribution in [0.25, 0.3) is 0 Å². The van der Waals surface area contributed by atoms with Gasteiger partial charge in [-0.05, 0) is 17.5 Å². The minimum absolute atomic E-state index is 0.152. The quantitative estimate of drug-likeness (QED) is 0.315. The van der Waals surface area contributed by atoms with E-state index in [9.17, 15) is 19.5 Å². The number of ether oxygens (including phenoxy) is 4. The number of benzene rings is 2. The first kappa shape index (κ1) is 29.2. The molecule has 38 heavy (non-hydrogen) atoms. The fraction of sp³-hybridized carbons (Fsp3) is 0.464. The second-order valence-corrected chi connectivity index (χ2v) is 9.01. The number of carbonyl (C=O) groups is 3. The number of nitrogens with one attached hydrogen (secondary N) is 1. The first-order valence-electron chi connectivity index (χ1n) is 12.7. The summed E-state index contributed by atoms with van der Waals surface area (Å²) in [6.07, 6.45) is -4.08. The Balaban J connectivity index is 1.80. The van der Waals surface area contributed by atoms with Crippen LogP contribution in [0.5, 0.6) is 0 Å². The summed E-state index contributed by atoms with van der Waals surface area (Å²) in [5.74, 6) is -2.09. The fourth-order valence-electron chi connectivity index (χ4n) is 4.01. The molecule has 1 aliphatic rings. The molecule has 0 radical (unpaired) electrons. The van der Waals surface area contributed by atoms with Crippen LogP contribution in [0.15, 0.2) is 60.7 Å². The summed E-state index contributed by atoms with van der Waals surface area (Å²) >= 11 is 0. The molecule has 5 atom stereocenters. The summed E-state index contributed by atoms with van der Waals surface area (Å²) in [5.41, 5.74) is 1.74. The van der Waals surface area contributed by atoms with Gasteiger partial charge in [0, 0.05) is 6.42 Å². The first-order chi connectivity index (χ1) is 18.4. The number of esters is 1. The van der Waals surface area contributed by atoms with Crippen LogP contribution in [0.3, 0.4) is 0 Å². The summed E-state index contributed by atoms with van der Waals surface area (Å²) in [6, 6.07) is 17.9. The lowest BCUT2D eigenvalue weighted by molar-refractivity contribution is -0.282. The Morgan fingerprint density at radius 3 is 2.08 bits per heavy atom. The van der Waals surface area contributed by atoms with E-state index in [0.29, 0.717) is 6.42 Å². The number of hydrogen-bond acceptors (Lipinski definition) is 8. The average Bonchev–Trinajstić information content (AvgIpc) is 2.91. The molecular formula is C28H35NO9. The average molecular weight is 530 g/mol. The van der Waals surface area contributed by atoms with Gasteiger partial charge in [0.1, 0.15) is 31.0 Å². The van der Waals surface area contributed by atoms with Gasteiger partial charge in [-0.15, -0.1) is 0 Å². The molecule has 1 aliphatic heterocycles. The predicted molar refractivity (Wildman–Crippen MR) is 136 cm³/mol. The van der Waals surface area contributed by atoms with E-state index in [1.807, 2.05) is 67.6 Å². The summed E-state index contributed by atoms with van der Waals surface area (Å²) in [6.45, 7) is 1.86. The Labute approximate surface area is 221 Å². The van der Waals surface area contributed by atoms with Crippen LogP contribution >= 0.6 is 0 Å². The molecule has 0 aliphatic carbocycles. The molecule has 2 aromatic rings. The number of amides is 1. The Hall–Kier alpha value is -3.31. The molecule has 1 unspecified atom stereocenters. The van der Waals surface area contributed by atoms with Crippen molar-refractivity contribution in [3.05, 3.63) is 71.8 Å². The van der Waals surface area contributed by atoms with Crippen LogP contribution in [0.2, 0.25) is 0 Å². The standard InChI is InChI=1S/C28H35NO9/c1-2-9-22(30)29-25-27(36-16-19-10-5-3-6-11-19)26(34)21(18-35-24(33)15-14-23(31)32)38-28(25)37-17-20-12-7-4-8-13-20/h3-8,10-13,21,25-28,34H,2,9,14-18H2,1H3,(H,29,30)(H,31,32)/t21-,25-,26-,27-,28?/m1/s1. The maximum Gasteiger partial charge on any atom is 0.306 e. The Kier molecular flexibility index (Phi) is 11.7. The number of carboxylic acids is 1. The topological polar surface area (TPSA) is 141 Å². The molecule has 3 N–H and O–H groups in total. The maximum absolute atomic E-state index is 12.6. The number of aliphatic hydroxyl groups excluding tert-OH is 1. The minimum Gasteiger partial charge on any atom is -0.481 e. The van der Waals surface area contributed by atoms with E-state index in [4.69, 9.17) is 24.1 Å². The van der Waals surface area contributed by atoms with Gasteiger partial charge in [-0.25, -0.2) is 0 Å². The molecule has 2 aromatic carbocycles. The lowest BCUT2D eigenvalue weighted by Crippen LogP contribution is -2.65. The molecule has 0 aromatic heterocycles. The molecular weight excluding hydrogens is 494 g/mol. The minimum atomic E-state index is -1.28. The second-order valence-electron chi connectivity index (χ2n) is 9.01. The van der Waals surface area contributed by atoms with E-state index in [1.165, 1.54) is 0 Å². The van der Waals surface area contributed by atoms with Crippen LogP contribution in [0.1, 0.15) is 43.7 Å². The highest BCUT2D eigenvalue weighted by Crippen LogP contribution is 2.27. The van der Waals surface area contributed by atoms with Gasteiger partial charge < -0.3 is 34.5 Å². The van der Waals surface area contributed by atoms with E-state index in [1.54, 1.807) is 0 Å². The van der Waals surface area contributed by atoms with Crippen molar-refractivity contribution < 1.29 is 43.5 Å². The number of aliphatic carboxylic acids is 1. The zero-order chi connectivity index (χ0) is 27.3. The summed E-state index contributed by atoms with van der Waals surface area (Å²) < 4.78 is 23.4. The monoisotopic (exact) mass is 529 g/mol. The van der Waals surface area contributed by atoms with Crippen molar-refractivity contribution in [2.24, 2.45) is 0 Å². The van der Waals surface area contributed by atoms with Crippen molar-refractivity contribution in [1.29, 1.82) is 0 Å². The van der Waals surface area contributed by atoms with E-state index < -0.39 is 42.6 Å². The molecule has 10 heteroatoms. The normalized spacial score (nSPS) is 22.9. The molecule has 1 heterocycles. The Morgan fingerprint density at radius 2 is 1.50 bits per heavy atom. The molecule has 1 fully saturated rings. The molecule has 10 nitrogen and oxygen atoms in total. The zero-order valence-corrected chi connectivity index (χ0v) is 21.4. The van der Waals surface area contributed by atoms with Crippen LogP contribution in [-0.4, -0.2) is 65.3 Å². The summed E-state index contributed by atoms with van der Waals surface area (Å²) in [4.78, 5) is 35.4. The van der Waals surface area contributed by atoms with Gasteiger partial charge in [-0.2, -0.15) is 0 Å². The van der Waals surface area contributed by atoms with Gasteiger partial charge in [0.05, 0.1) is 26.1 Å². The molecule has 0 bridgehead atoms. The van der Waals surface area contributed by atoms with Gasteiger partial charge in [0.15, 0.2) is 6.29 Å². The van der Waals surface area contributed by atoms with Gasteiger partial charge in [0.25, 0.3) is 0 Å². The number of hydrogen-bond donors (Lipinski definition) is 3. The predicted octanol–water partition coefficient (Wildman–Crippen LogP) is 2.57. The third-order valence-corrected chi connectivity index (χ3v) is 5.97. The number of aliphatic hydroxyl groups is 1. The second kappa shape index (κ2) is 15.2. The Morgan fingerprint density at radius 1 is 0.895 bits per heavy atom. The SMILES string of the molecule is CCCC(=O)N[C@H]1C(OCc2ccccc2)O[C@H](COC(=O)CCC(=O)O)[C@@H](O)[C@@H]1OCc1ccccc1. The smallest absolute Gasteiger partial charge is 0.306 e. The van der Waals surface area contributed by atoms with E-state index in [0.717, 1.165) is 11.1 Å². The van der Waals surface area contributed by atoms with Gasteiger partial charge in [0.2, 0.25) is 5.91 Å². The van der Waals surface area contributed by atoms with E-state index in [2.05, 4.69) is 5.32 Å². The van der Waals surface area contributed by atoms with Crippen molar-refractivity contribution in [3.8, 4) is 0 Å². The van der Waals surface area contributed by atoms with Crippen molar-refractivity contribution in [2.45, 2.75) is 76.5 Å². The van der Waals surface area contributed by atoms with Crippen molar-refractivity contribution in [1.82, 2.24) is 5.32 Å².